The molecule has 4 amide bonds. The van der Waals surface area contributed by atoms with Crippen molar-refractivity contribution in [1.82, 2.24) is 29.7 Å². The number of carbonyl (C=O) groups is 4. The second kappa shape index (κ2) is 15.0. The van der Waals surface area contributed by atoms with Gasteiger partial charge in [-0.15, -0.1) is 0 Å². The number of benzene rings is 2. The summed E-state index contributed by atoms with van der Waals surface area (Å²) in [5, 5.41) is 3.20. The quantitative estimate of drug-likeness (QED) is 0.136. The minimum atomic E-state index is -4.72. The van der Waals surface area contributed by atoms with E-state index in [2.05, 4.69) is 20.2 Å². The van der Waals surface area contributed by atoms with Gasteiger partial charge < -0.3 is 14.4 Å². The van der Waals surface area contributed by atoms with E-state index in [1.165, 1.54) is 47.8 Å². The predicted octanol–water partition coefficient (Wildman–Crippen LogP) is 5.82. The third-order valence-electron chi connectivity index (χ3n) is 11.5. The van der Waals surface area contributed by atoms with Crippen molar-refractivity contribution >= 4 is 51.3 Å². The van der Waals surface area contributed by atoms with E-state index in [1.54, 1.807) is 18.2 Å². The molecule has 1 N–H and O–H groups in total. The third kappa shape index (κ3) is 7.13. The molecule has 3 aromatic heterocycles. The van der Waals surface area contributed by atoms with Crippen LogP contribution >= 0.6 is 0 Å². The molecule has 7 heterocycles. The van der Waals surface area contributed by atoms with Gasteiger partial charge in [-0.25, -0.2) is 4.98 Å². The summed E-state index contributed by atoms with van der Waals surface area (Å²) >= 11 is 0. The molecule has 59 heavy (non-hydrogen) atoms. The monoisotopic (exact) mass is 817 g/mol. The van der Waals surface area contributed by atoms with E-state index in [0.29, 0.717) is 61.2 Å². The highest BCUT2D eigenvalue weighted by Gasteiger charge is 2.45. The molecule has 1 unspecified atom stereocenters. The summed E-state index contributed by atoms with van der Waals surface area (Å²) in [6, 6.07) is 10.7. The van der Waals surface area contributed by atoms with E-state index in [1.807, 2.05) is 0 Å². The van der Waals surface area contributed by atoms with Crippen molar-refractivity contribution in [2.45, 2.75) is 56.7 Å². The number of anilines is 1. The molecule has 2 aromatic carbocycles. The molecule has 1 atom stereocenters. The number of hydrogen-bond donors (Lipinski definition) is 1. The van der Waals surface area contributed by atoms with Crippen molar-refractivity contribution in [2.24, 2.45) is 0 Å². The van der Waals surface area contributed by atoms with Gasteiger partial charge in [-0.1, -0.05) is 12.1 Å². The van der Waals surface area contributed by atoms with Crippen LogP contribution in [0.25, 0.3) is 32.9 Å². The first-order chi connectivity index (χ1) is 28.3. The molecule has 4 aliphatic heterocycles. The van der Waals surface area contributed by atoms with Crippen molar-refractivity contribution in [2.75, 3.05) is 44.2 Å². The van der Waals surface area contributed by atoms with Crippen LogP contribution in [0, 0.1) is 0 Å². The van der Waals surface area contributed by atoms with Crippen LogP contribution in [0.5, 0.6) is 5.75 Å². The van der Waals surface area contributed by atoms with Crippen LogP contribution in [-0.4, -0.2) is 106 Å². The maximum Gasteiger partial charge on any atom is 0.419 e. The van der Waals surface area contributed by atoms with Crippen LogP contribution in [-0.2, 0) is 20.5 Å². The first kappa shape index (κ1) is 38.5. The van der Waals surface area contributed by atoms with Gasteiger partial charge in [0.2, 0.25) is 11.8 Å². The SMILES string of the molecule is O=C1CCC(N2C(=O)c3ccc(OCCN4CCC(OC5CN(c6ncc(-c7ccc8c9cnccc9n(C(F)F)c8c7)cc6C(F)(F)F)C5)CC4)cc3C2=O)C(=O)N1. The zero-order valence-electron chi connectivity index (χ0n) is 31.3. The van der Waals surface area contributed by atoms with E-state index in [9.17, 15) is 41.1 Å². The van der Waals surface area contributed by atoms with Crippen LogP contribution < -0.4 is 15.0 Å². The number of likely N-dealkylation sites (tertiary alicyclic amines) is 1. The number of piperidine rings is 2. The Balaban J connectivity index is 0.768. The number of nitrogens with zero attached hydrogens (tertiary/aromatic N) is 6. The van der Waals surface area contributed by atoms with Crippen LogP contribution in [0.15, 0.2) is 67.1 Å². The smallest absolute Gasteiger partial charge is 0.419 e. The van der Waals surface area contributed by atoms with Gasteiger partial charge in [-0.2, -0.15) is 22.0 Å². The van der Waals surface area contributed by atoms with Gasteiger partial charge >= 0.3 is 12.7 Å². The van der Waals surface area contributed by atoms with E-state index < -0.39 is 48.0 Å². The fraction of sp³-hybridized carbons (Fsp3) is 0.366. The molecule has 5 aromatic rings. The first-order valence-electron chi connectivity index (χ1n) is 19.2. The average molecular weight is 818 g/mol. The largest absolute Gasteiger partial charge is 0.492 e. The molecule has 0 aliphatic carbocycles. The van der Waals surface area contributed by atoms with Crippen molar-refractivity contribution in [1.29, 1.82) is 0 Å². The molecule has 18 heteroatoms. The molecule has 0 radical (unpaired) electrons. The van der Waals surface area contributed by atoms with Crippen LogP contribution in [0.1, 0.15) is 58.5 Å². The molecule has 0 bridgehead atoms. The number of pyridine rings is 2. The maximum atomic E-state index is 14.4. The van der Waals surface area contributed by atoms with Gasteiger partial charge in [0.1, 0.15) is 24.2 Å². The van der Waals surface area contributed by atoms with Crippen LogP contribution in [0.4, 0.5) is 27.8 Å². The highest BCUT2D eigenvalue weighted by molar-refractivity contribution is 6.23. The zero-order valence-corrected chi connectivity index (χ0v) is 31.3. The summed E-state index contributed by atoms with van der Waals surface area (Å²) in [5.74, 6) is -2.14. The lowest BCUT2D eigenvalue weighted by Gasteiger charge is -2.43. The summed E-state index contributed by atoms with van der Waals surface area (Å²) in [7, 11) is 0. The second-order valence-corrected chi connectivity index (χ2v) is 15.1. The molecule has 3 fully saturated rings. The Labute approximate surface area is 332 Å². The fourth-order valence-corrected chi connectivity index (χ4v) is 8.43. The van der Waals surface area contributed by atoms with Crippen molar-refractivity contribution in [3.63, 3.8) is 0 Å². The Hall–Kier alpha value is -6.01. The van der Waals surface area contributed by atoms with Gasteiger partial charge in [0, 0.05) is 74.1 Å². The minimum absolute atomic E-state index is 0.0322. The fourth-order valence-electron chi connectivity index (χ4n) is 8.43. The Bertz CT molecular complexity index is 2510. The number of alkyl halides is 5. The number of nitrogens with one attached hydrogen (secondary N) is 1. The maximum absolute atomic E-state index is 14.4. The van der Waals surface area contributed by atoms with E-state index >= 15 is 0 Å². The van der Waals surface area contributed by atoms with Gasteiger partial charge in [0.15, 0.2) is 0 Å². The Kier molecular flexibility index (Phi) is 9.78. The number of hydrogen-bond acceptors (Lipinski definition) is 10. The average Bonchev–Trinajstić information content (AvgIpc) is 3.66. The van der Waals surface area contributed by atoms with E-state index in [-0.39, 0.29) is 71.7 Å². The second-order valence-electron chi connectivity index (χ2n) is 15.1. The Morgan fingerprint density at radius 1 is 0.831 bits per heavy atom. The number of ether oxygens (including phenoxy) is 2. The lowest BCUT2D eigenvalue weighted by Crippen LogP contribution is -2.55. The van der Waals surface area contributed by atoms with Gasteiger partial charge in [-0.05, 0) is 61.2 Å². The van der Waals surface area contributed by atoms with Gasteiger partial charge in [-0.3, -0.25) is 43.8 Å². The van der Waals surface area contributed by atoms with Crippen molar-refractivity contribution in [3.8, 4) is 16.9 Å². The highest BCUT2D eigenvalue weighted by atomic mass is 19.4. The molecular weight excluding hydrogens is 781 g/mol. The number of rotatable bonds is 10. The molecule has 306 valence electrons. The first-order valence-corrected chi connectivity index (χ1v) is 19.2. The number of carbonyl (C=O) groups excluding carboxylic acids is 4. The van der Waals surface area contributed by atoms with Gasteiger partial charge in [0.05, 0.1) is 39.9 Å². The van der Waals surface area contributed by atoms with Gasteiger partial charge in [0.25, 0.3) is 11.8 Å². The van der Waals surface area contributed by atoms with Crippen molar-refractivity contribution in [3.05, 3.63) is 83.8 Å². The van der Waals surface area contributed by atoms with Crippen molar-refractivity contribution < 1.29 is 50.6 Å². The molecule has 0 spiro atoms. The molecule has 0 saturated carbocycles. The number of fused-ring (bicyclic) bond motifs is 4. The third-order valence-corrected chi connectivity index (χ3v) is 11.5. The molecule has 3 saturated heterocycles. The standard InChI is InChI=1S/C41H36F5N7O6/c42-40(43)52-32-7-10-47-19-30(32)27-3-1-22(16-34(27)52)23-15-31(41(44,45)46)36(48-18-23)51-20-26(21-51)59-24-8-11-50(12-9-24)13-14-58-25-2-4-28-29(17-25)39(57)53(38(28)56)33-5-6-35(54)49-37(33)55/h1-4,7,10,15-19,24,26,33,40H,5-6,8-9,11-14,20-21H2,(H,49,54,55). The number of halogens is 5. The Morgan fingerprint density at radius 3 is 2.36 bits per heavy atom. The molecular formula is C41H36F5N7O6. The summed E-state index contributed by atoms with van der Waals surface area (Å²) < 4.78 is 84.6. The molecule has 13 nitrogen and oxygen atoms in total. The number of imide groups is 2. The Morgan fingerprint density at radius 2 is 1.61 bits per heavy atom. The lowest BCUT2D eigenvalue weighted by molar-refractivity contribution is -0.138. The minimum Gasteiger partial charge on any atom is -0.492 e. The van der Waals surface area contributed by atoms with Crippen LogP contribution in [0.3, 0.4) is 0 Å². The number of aromatic nitrogens is 3. The highest BCUT2D eigenvalue weighted by Crippen LogP contribution is 2.41. The van der Waals surface area contributed by atoms with E-state index in [0.717, 1.165) is 15.5 Å². The van der Waals surface area contributed by atoms with E-state index in [4.69, 9.17) is 9.47 Å². The molecule has 9 rings (SSSR count). The molecule has 4 aliphatic rings. The van der Waals surface area contributed by atoms with Crippen LogP contribution in [0.2, 0.25) is 0 Å². The topological polar surface area (TPSA) is 139 Å². The normalized spacial score (nSPS) is 19.6. The number of amides is 4. The summed E-state index contributed by atoms with van der Waals surface area (Å²) in [5.41, 5.74) is 0.303. The predicted molar refractivity (Wildman–Crippen MR) is 202 cm³/mol. The zero-order chi connectivity index (χ0) is 41.2. The lowest BCUT2D eigenvalue weighted by atomic mass is 10.0. The summed E-state index contributed by atoms with van der Waals surface area (Å²) in [6.07, 6.45) is 0.698. The summed E-state index contributed by atoms with van der Waals surface area (Å²) in [4.78, 5) is 62.9. The summed E-state index contributed by atoms with van der Waals surface area (Å²) in [6.45, 7) is -0.0872.